The molecule has 0 amide bonds. The van der Waals surface area contributed by atoms with Gasteiger partial charge < -0.3 is 20.8 Å². The summed E-state index contributed by atoms with van der Waals surface area (Å²) < 4.78 is 6.08. The average Bonchev–Trinajstić information content (AvgIpc) is 3.31. The van der Waals surface area contributed by atoms with E-state index in [1.165, 1.54) is 0 Å². The predicted molar refractivity (Wildman–Crippen MR) is 124 cm³/mol. The van der Waals surface area contributed by atoms with Crippen molar-refractivity contribution in [2.75, 3.05) is 19.7 Å². The summed E-state index contributed by atoms with van der Waals surface area (Å²) in [7, 11) is 0. The molecule has 31 heavy (non-hydrogen) atoms. The number of fused-ring (bicyclic) bond motifs is 1. The molecule has 6 heteroatoms. The molecule has 0 spiro atoms. The number of benzene rings is 2. The van der Waals surface area contributed by atoms with Crippen LogP contribution in [0.5, 0.6) is 5.88 Å². The van der Waals surface area contributed by atoms with Gasteiger partial charge in [-0.05, 0) is 55.6 Å². The van der Waals surface area contributed by atoms with E-state index < -0.39 is 0 Å². The largest absolute Gasteiger partial charge is 0.476 e. The maximum Gasteiger partial charge on any atom is 0.232 e. The second-order valence-corrected chi connectivity index (χ2v) is 8.09. The van der Waals surface area contributed by atoms with Crippen molar-refractivity contribution >= 4 is 10.9 Å². The normalized spacial score (nSPS) is 14.7. The third-order valence-corrected chi connectivity index (χ3v) is 5.97. The number of nitrogens with zero attached hydrogens (tertiary/aromatic N) is 2. The fraction of sp³-hybridized carbons (Fsp3) is 0.280. The number of piperidine rings is 1. The molecule has 0 aliphatic carbocycles. The smallest absolute Gasteiger partial charge is 0.232 e. The van der Waals surface area contributed by atoms with Gasteiger partial charge in [-0.3, -0.25) is 0 Å². The highest BCUT2D eigenvalue weighted by atomic mass is 16.5. The molecule has 1 fully saturated rings. The monoisotopic (exact) mass is 413 g/mol. The third-order valence-electron chi connectivity index (χ3n) is 5.97. The van der Waals surface area contributed by atoms with Crippen molar-refractivity contribution in [3.8, 4) is 28.4 Å². The van der Waals surface area contributed by atoms with Gasteiger partial charge in [-0.25, -0.2) is 9.97 Å². The topological polar surface area (TPSA) is 88.8 Å². The van der Waals surface area contributed by atoms with Crippen molar-refractivity contribution in [3.05, 3.63) is 66.5 Å². The number of aromatic nitrogens is 3. The summed E-state index contributed by atoms with van der Waals surface area (Å²) >= 11 is 0. The van der Waals surface area contributed by atoms with Crippen molar-refractivity contribution in [2.45, 2.75) is 19.4 Å². The first-order valence-corrected chi connectivity index (χ1v) is 10.9. The van der Waals surface area contributed by atoms with Crippen LogP contribution in [0, 0.1) is 5.92 Å². The van der Waals surface area contributed by atoms with Gasteiger partial charge in [0.2, 0.25) is 5.88 Å². The van der Waals surface area contributed by atoms with Crippen LogP contribution in [-0.2, 0) is 6.54 Å². The number of ether oxygens (including phenoxy) is 1. The summed E-state index contributed by atoms with van der Waals surface area (Å²) in [6.45, 7) is 3.31. The van der Waals surface area contributed by atoms with Gasteiger partial charge in [0.25, 0.3) is 0 Å². The first kappa shape index (κ1) is 19.7. The molecule has 3 heterocycles. The number of aromatic amines is 1. The second kappa shape index (κ2) is 8.88. The zero-order chi connectivity index (χ0) is 21.0. The van der Waals surface area contributed by atoms with Crippen LogP contribution in [0.3, 0.4) is 0 Å². The summed E-state index contributed by atoms with van der Waals surface area (Å²) in [6.07, 6.45) is 5.96. The Bertz CT molecular complexity index is 1160. The van der Waals surface area contributed by atoms with E-state index in [-0.39, 0.29) is 0 Å². The molecule has 1 aliphatic rings. The van der Waals surface area contributed by atoms with E-state index in [0.29, 0.717) is 24.9 Å². The summed E-state index contributed by atoms with van der Waals surface area (Å²) in [5, 5.41) is 4.54. The molecular weight excluding hydrogens is 386 g/mol. The van der Waals surface area contributed by atoms with E-state index in [9.17, 15) is 0 Å². The maximum absolute atomic E-state index is 6.08. The van der Waals surface area contributed by atoms with Gasteiger partial charge in [0.15, 0.2) is 0 Å². The Hall–Kier alpha value is -3.22. The summed E-state index contributed by atoms with van der Waals surface area (Å²) in [5.41, 5.74) is 11.7. The van der Waals surface area contributed by atoms with Gasteiger partial charge >= 0.3 is 0 Å². The predicted octanol–water partition coefficient (Wildman–Crippen LogP) is 4.13. The van der Waals surface area contributed by atoms with Crippen LogP contribution in [0.2, 0.25) is 0 Å². The van der Waals surface area contributed by atoms with Gasteiger partial charge in [0.1, 0.15) is 5.69 Å². The molecule has 4 aromatic rings. The van der Waals surface area contributed by atoms with E-state index in [4.69, 9.17) is 20.4 Å². The summed E-state index contributed by atoms with van der Waals surface area (Å²) in [6, 6.07) is 16.6. The highest BCUT2D eigenvalue weighted by molar-refractivity contribution is 5.87. The standard InChI is InChI=1S/C25H27N5O/c26-14-17-1-3-19(4-2-17)24-25(21-5-6-22-20(13-21)9-12-28-22)30-23(15-29-24)31-16-18-7-10-27-11-8-18/h1-6,9,12-13,15,18,27-28H,7-8,10-11,14,16,26H2. The van der Waals surface area contributed by atoms with Crippen LogP contribution < -0.4 is 15.8 Å². The van der Waals surface area contributed by atoms with E-state index in [1.807, 2.05) is 18.3 Å². The Morgan fingerprint density at radius 3 is 2.58 bits per heavy atom. The van der Waals surface area contributed by atoms with Crippen LogP contribution in [-0.4, -0.2) is 34.6 Å². The van der Waals surface area contributed by atoms with Crippen molar-refractivity contribution in [3.63, 3.8) is 0 Å². The minimum Gasteiger partial charge on any atom is -0.476 e. The van der Waals surface area contributed by atoms with Crippen molar-refractivity contribution in [2.24, 2.45) is 11.7 Å². The molecule has 6 nitrogen and oxygen atoms in total. The van der Waals surface area contributed by atoms with E-state index in [0.717, 1.165) is 64.9 Å². The highest BCUT2D eigenvalue weighted by Gasteiger charge is 2.17. The lowest BCUT2D eigenvalue weighted by atomic mass is 9.99. The van der Waals surface area contributed by atoms with Gasteiger partial charge in [-0.15, -0.1) is 0 Å². The lowest BCUT2D eigenvalue weighted by molar-refractivity contribution is 0.208. The van der Waals surface area contributed by atoms with E-state index >= 15 is 0 Å². The lowest BCUT2D eigenvalue weighted by Gasteiger charge is -2.22. The fourth-order valence-corrected chi connectivity index (χ4v) is 4.11. The molecule has 0 unspecified atom stereocenters. The first-order chi connectivity index (χ1) is 15.3. The molecule has 5 rings (SSSR count). The molecule has 158 valence electrons. The number of nitrogens with two attached hydrogens (primary N) is 1. The third kappa shape index (κ3) is 4.31. The molecule has 0 atom stereocenters. The van der Waals surface area contributed by atoms with Crippen molar-refractivity contribution in [1.29, 1.82) is 0 Å². The molecule has 0 saturated carbocycles. The number of H-pyrrole nitrogens is 1. The number of hydrogen-bond donors (Lipinski definition) is 3. The SMILES string of the molecule is NCc1ccc(-c2ncc(OCC3CCNCC3)nc2-c2ccc3[nH]ccc3c2)cc1. The van der Waals surface area contributed by atoms with E-state index in [1.54, 1.807) is 6.20 Å². The molecule has 1 saturated heterocycles. The second-order valence-electron chi connectivity index (χ2n) is 8.09. The molecule has 1 aliphatic heterocycles. The van der Waals surface area contributed by atoms with Crippen LogP contribution >= 0.6 is 0 Å². The zero-order valence-electron chi connectivity index (χ0n) is 17.5. The van der Waals surface area contributed by atoms with Gasteiger partial charge in [0, 0.05) is 34.8 Å². The highest BCUT2D eigenvalue weighted by Crippen LogP contribution is 2.32. The van der Waals surface area contributed by atoms with Crippen molar-refractivity contribution in [1.82, 2.24) is 20.3 Å². The Labute approximate surface area is 181 Å². The lowest BCUT2D eigenvalue weighted by Crippen LogP contribution is -2.30. The fourth-order valence-electron chi connectivity index (χ4n) is 4.11. The zero-order valence-corrected chi connectivity index (χ0v) is 17.5. The number of rotatable bonds is 6. The minimum atomic E-state index is 0.520. The van der Waals surface area contributed by atoms with Gasteiger partial charge in [-0.1, -0.05) is 30.3 Å². The number of nitrogens with one attached hydrogen (secondary N) is 2. The Balaban J connectivity index is 1.51. The molecule has 2 aromatic heterocycles. The first-order valence-electron chi connectivity index (χ1n) is 10.9. The average molecular weight is 414 g/mol. The Morgan fingerprint density at radius 1 is 0.968 bits per heavy atom. The van der Waals surface area contributed by atoms with Gasteiger partial charge in [-0.2, -0.15) is 0 Å². The van der Waals surface area contributed by atoms with Gasteiger partial charge in [0.05, 0.1) is 18.5 Å². The Kier molecular flexibility index (Phi) is 5.65. The quantitative estimate of drug-likeness (QED) is 0.442. The van der Waals surface area contributed by atoms with Crippen molar-refractivity contribution < 1.29 is 4.74 Å². The van der Waals surface area contributed by atoms with Crippen LogP contribution in [0.15, 0.2) is 60.9 Å². The summed E-state index contributed by atoms with van der Waals surface area (Å²) in [4.78, 5) is 12.9. The van der Waals surface area contributed by atoms with Crippen LogP contribution in [0.25, 0.3) is 33.4 Å². The summed E-state index contributed by atoms with van der Waals surface area (Å²) in [5.74, 6) is 1.14. The Morgan fingerprint density at radius 2 is 1.77 bits per heavy atom. The maximum atomic E-state index is 6.08. The molecule has 4 N–H and O–H groups in total. The minimum absolute atomic E-state index is 0.520. The van der Waals surface area contributed by atoms with Crippen LogP contribution in [0.4, 0.5) is 0 Å². The molecule has 2 aromatic carbocycles. The molecule has 0 radical (unpaired) electrons. The van der Waals surface area contributed by atoms with E-state index in [2.05, 4.69) is 46.7 Å². The molecule has 0 bridgehead atoms. The molecular formula is C25H27N5O. The number of hydrogen-bond acceptors (Lipinski definition) is 5. The van der Waals surface area contributed by atoms with Crippen LogP contribution in [0.1, 0.15) is 18.4 Å².